The van der Waals surface area contributed by atoms with Gasteiger partial charge >= 0.3 is 0 Å². The van der Waals surface area contributed by atoms with E-state index in [-0.39, 0.29) is 0 Å². The summed E-state index contributed by atoms with van der Waals surface area (Å²) in [7, 11) is 0. The van der Waals surface area contributed by atoms with E-state index in [0.717, 1.165) is 0 Å². The van der Waals surface area contributed by atoms with Gasteiger partial charge in [-0.05, 0) is 24.5 Å². The molecule has 0 N–H and O–H groups in total. The number of hydrogen-bond acceptors (Lipinski definition) is 2. The zero-order valence-corrected chi connectivity index (χ0v) is 13.1. The van der Waals surface area contributed by atoms with E-state index in [1.807, 2.05) is 0 Å². The van der Waals surface area contributed by atoms with Crippen LogP contribution in [-0.4, -0.2) is 17.6 Å². The second-order valence-corrected chi connectivity index (χ2v) is 6.00. The van der Waals surface area contributed by atoms with Crippen molar-refractivity contribution in [2.75, 3.05) is 11.4 Å². The Balaban J connectivity index is 2.00. The average Bonchev–Trinajstić information content (AvgIpc) is 2.88. The van der Waals surface area contributed by atoms with Crippen molar-refractivity contribution in [3.8, 4) is 0 Å². The molecule has 0 amide bonds. The summed E-state index contributed by atoms with van der Waals surface area (Å²) >= 11 is 0. The van der Waals surface area contributed by atoms with E-state index in [4.69, 9.17) is 0 Å². The van der Waals surface area contributed by atoms with Crippen molar-refractivity contribution >= 4 is 5.69 Å². The molecule has 2 nitrogen and oxygen atoms in total. The van der Waals surface area contributed by atoms with Crippen molar-refractivity contribution in [2.45, 2.75) is 52.6 Å². The average molecular weight is 272 g/mol. The number of para-hydroxylation sites is 1. The van der Waals surface area contributed by atoms with Crippen LogP contribution in [-0.2, 0) is 0 Å². The summed E-state index contributed by atoms with van der Waals surface area (Å²) in [6.45, 7) is 8.06. The fraction of sp³-hybridized carbons (Fsp3) is 0.556. The van der Waals surface area contributed by atoms with Gasteiger partial charge in [0, 0.05) is 24.6 Å². The number of benzene rings is 1. The molecule has 1 aromatic rings. The molecule has 1 aliphatic heterocycles. The molecule has 0 aromatic heterocycles. The van der Waals surface area contributed by atoms with Gasteiger partial charge in [0.2, 0.25) is 0 Å². The first-order valence-electron chi connectivity index (χ1n) is 8.01. The highest BCUT2D eigenvalue weighted by molar-refractivity contribution is 5.51. The van der Waals surface area contributed by atoms with Crippen LogP contribution < -0.4 is 4.90 Å². The quantitative estimate of drug-likeness (QED) is 0.655. The van der Waals surface area contributed by atoms with Crippen molar-refractivity contribution in [3.05, 3.63) is 42.7 Å². The number of nitrogens with zero attached hydrogens (tertiary/aromatic N) is 2. The first-order valence-corrected chi connectivity index (χ1v) is 8.01. The minimum Gasteiger partial charge on any atom is -0.355 e. The van der Waals surface area contributed by atoms with Gasteiger partial charge in [-0.2, -0.15) is 0 Å². The van der Waals surface area contributed by atoms with E-state index in [2.05, 4.69) is 73.3 Å². The molecular weight excluding hydrogens is 244 g/mol. The topological polar surface area (TPSA) is 6.48 Å². The fourth-order valence-corrected chi connectivity index (χ4v) is 2.96. The smallest absolute Gasteiger partial charge is 0.108 e. The van der Waals surface area contributed by atoms with Gasteiger partial charge in [-0.25, -0.2) is 0 Å². The standard InChI is InChI=1S/C18H28N2/c1-4-5-6-10-13-19-14-15-20(18(19)16(2)3)17-11-8-7-9-12-17/h7-9,11-12,14-16,18H,4-6,10,13H2,1-3H3. The second kappa shape index (κ2) is 7.37. The molecule has 0 fully saturated rings. The van der Waals surface area contributed by atoms with Gasteiger partial charge < -0.3 is 9.80 Å². The minimum absolute atomic E-state index is 0.457. The van der Waals surface area contributed by atoms with Gasteiger partial charge in [0.1, 0.15) is 6.17 Å². The van der Waals surface area contributed by atoms with Crippen LogP contribution >= 0.6 is 0 Å². The monoisotopic (exact) mass is 272 g/mol. The van der Waals surface area contributed by atoms with Gasteiger partial charge in [0.15, 0.2) is 0 Å². The lowest BCUT2D eigenvalue weighted by Crippen LogP contribution is -2.43. The van der Waals surface area contributed by atoms with Gasteiger partial charge in [-0.3, -0.25) is 0 Å². The molecule has 0 bridgehead atoms. The molecule has 1 aromatic carbocycles. The Kier molecular flexibility index (Phi) is 5.51. The lowest BCUT2D eigenvalue weighted by atomic mass is 10.1. The highest BCUT2D eigenvalue weighted by Gasteiger charge is 2.29. The van der Waals surface area contributed by atoms with Crippen LogP contribution in [0.1, 0.15) is 46.5 Å². The van der Waals surface area contributed by atoms with E-state index in [1.165, 1.54) is 37.9 Å². The molecule has 1 atom stereocenters. The molecule has 1 unspecified atom stereocenters. The molecule has 2 heteroatoms. The van der Waals surface area contributed by atoms with Gasteiger partial charge in [-0.1, -0.05) is 58.2 Å². The summed E-state index contributed by atoms with van der Waals surface area (Å²) in [4.78, 5) is 4.91. The molecule has 0 saturated heterocycles. The SMILES string of the molecule is CCCCCCN1C=CN(c2ccccc2)C1C(C)C. The lowest BCUT2D eigenvalue weighted by Gasteiger charge is -2.35. The van der Waals surface area contributed by atoms with Crippen LogP contribution in [0.2, 0.25) is 0 Å². The van der Waals surface area contributed by atoms with Crippen LogP contribution in [0.15, 0.2) is 42.7 Å². The van der Waals surface area contributed by atoms with E-state index in [0.29, 0.717) is 12.1 Å². The molecule has 2 rings (SSSR count). The number of anilines is 1. The molecule has 0 spiro atoms. The Morgan fingerprint density at radius 1 is 1.00 bits per heavy atom. The highest BCUT2D eigenvalue weighted by Crippen LogP contribution is 2.28. The van der Waals surface area contributed by atoms with E-state index < -0.39 is 0 Å². The second-order valence-electron chi connectivity index (χ2n) is 6.00. The Morgan fingerprint density at radius 3 is 2.40 bits per heavy atom. The minimum atomic E-state index is 0.457. The van der Waals surface area contributed by atoms with Crippen molar-refractivity contribution in [3.63, 3.8) is 0 Å². The molecule has 1 heterocycles. The summed E-state index contributed by atoms with van der Waals surface area (Å²) in [5, 5.41) is 0. The zero-order chi connectivity index (χ0) is 14.4. The maximum atomic E-state index is 2.51. The highest BCUT2D eigenvalue weighted by atomic mass is 15.4. The van der Waals surface area contributed by atoms with Crippen LogP contribution in [0.3, 0.4) is 0 Å². The summed E-state index contributed by atoms with van der Waals surface area (Å²) in [5.74, 6) is 0.608. The molecule has 110 valence electrons. The van der Waals surface area contributed by atoms with Crippen molar-refractivity contribution in [1.82, 2.24) is 4.90 Å². The molecule has 0 radical (unpaired) electrons. The maximum Gasteiger partial charge on any atom is 0.108 e. The summed E-state index contributed by atoms with van der Waals surface area (Å²) < 4.78 is 0. The van der Waals surface area contributed by atoms with E-state index in [9.17, 15) is 0 Å². The Bertz CT molecular complexity index is 411. The van der Waals surface area contributed by atoms with E-state index in [1.54, 1.807) is 0 Å². The number of hydrogen-bond donors (Lipinski definition) is 0. The summed E-state index contributed by atoms with van der Waals surface area (Å²) in [5.41, 5.74) is 1.29. The first kappa shape index (κ1) is 15.0. The van der Waals surface area contributed by atoms with Crippen LogP contribution in [0.5, 0.6) is 0 Å². The predicted octanol–water partition coefficient (Wildman–Crippen LogP) is 4.84. The number of rotatable bonds is 7. The molecule has 1 aliphatic rings. The third-order valence-corrected chi connectivity index (χ3v) is 3.96. The maximum absolute atomic E-state index is 2.51. The molecule has 20 heavy (non-hydrogen) atoms. The molecule has 0 saturated carbocycles. The normalized spacial score (nSPS) is 18.3. The van der Waals surface area contributed by atoms with Crippen molar-refractivity contribution in [1.29, 1.82) is 0 Å². The Labute approximate surface area is 124 Å². The van der Waals surface area contributed by atoms with Crippen LogP contribution in [0, 0.1) is 5.92 Å². The van der Waals surface area contributed by atoms with Crippen LogP contribution in [0.25, 0.3) is 0 Å². The van der Waals surface area contributed by atoms with Gasteiger partial charge in [0.05, 0.1) is 0 Å². The molecular formula is C18H28N2. The largest absolute Gasteiger partial charge is 0.355 e. The fourth-order valence-electron chi connectivity index (χ4n) is 2.96. The van der Waals surface area contributed by atoms with Crippen molar-refractivity contribution < 1.29 is 0 Å². The summed E-state index contributed by atoms with van der Waals surface area (Å²) in [6.07, 6.45) is 10.3. The summed E-state index contributed by atoms with van der Waals surface area (Å²) in [6, 6.07) is 10.7. The molecule has 0 aliphatic carbocycles. The van der Waals surface area contributed by atoms with Gasteiger partial charge in [-0.15, -0.1) is 0 Å². The third kappa shape index (κ3) is 3.56. The Morgan fingerprint density at radius 2 is 1.75 bits per heavy atom. The van der Waals surface area contributed by atoms with Crippen molar-refractivity contribution in [2.24, 2.45) is 5.92 Å². The predicted molar refractivity (Wildman–Crippen MR) is 87.5 cm³/mol. The number of unbranched alkanes of at least 4 members (excludes halogenated alkanes) is 3. The van der Waals surface area contributed by atoms with E-state index >= 15 is 0 Å². The van der Waals surface area contributed by atoms with Gasteiger partial charge in [0.25, 0.3) is 0 Å². The lowest BCUT2D eigenvalue weighted by molar-refractivity contribution is 0.237. The first-order chi connectivity index (χ1) is 9.74. The van der Waals surface area contributed by atoms with Crippen LogP contribution in [0.4, 0.5) is 5.69 Å². The third-order valence-electron chi connectivity index (χ3n) is 3.96. The Hall–Kier alpha value is -1.44. The zero-order valence-electron chi connectivity index (χ0n) is 13.1.